The molecular formula is C12H23NO2. The van der Waals surface area contributed by atoms with E-state index in [4.69, 9.17) is 4.74 Å². The van der Waals surface area contributed by atoms with Crippen LogP contribution in [-0.4, -0.2) is 48.0 Å². The van der Waals surface area contributed by atoms with Gasteiger partial charge in [-0.05, 0) is 18.8 Å². The maximum absolute atomic E-state index is 9.98. The largest absolute Gasteiger partial charge is 0.392 e. The van der Waals surface area contributed by atoms with Gasteiger partial charge < -0.3 is 9.84 Å². The van der Waals surface area contributed by atoms with Crippen molar-refractivity contribution in [2.45, 2.75) is 51.4 Å². The number of hydrogen-bond acceptors (Lipinski definition) is 3. The fourth-order valence-electron chi connectivity index (χ4n) is 2.56. The SMILES string of the molecule is CCC(C)C(O)CN1CC2CCC(C1)O2. The van der Waals surface area contributed by atoms with Crippen molar-refractivity contribution in [3.8, 4) is 0 Å². The number of nitrogens with zero attached hydrogens (tertiary/aromatic N) is 1. The Morgan fingerprint density at radius 2 is 1.93 bits per heavy atom. The Balaban J connectivity index is 1.80. The van der Waals surface area contributed by atoms with E-state index in [0.717, 1.165) is 26.1 Å². The number of fused-ring (bicyclic) bond motifs is 2. The Labute approximate surface area is 92.4 Å². The summed E-state index contributed by atoms with van der Waals surface area (Å²) in [5.41, 5.74) is 0. The second kappa shape index (κ2) is 4.81. The molecule has 0 amide bonds. The Hall–Kier alpha value is -0.120. The van der Waals surface area contributed by atoms with Crippen LogP contribution in [-0.2, 0) is 4.74 Å². The molecule has 2 bridgehead atoms. The van der Waals surface area contributed by atoms with Crippen LogP contribution in [0.4, 0.5) is 0 Å². The van der Waals surface area contributed by atoms with Crippen LogP contribution in [0, 0.1) is 5.92 Å². The summed E-state index contributed by atoms with van der Waals surface area (Å²) in [5.74, 6) is 0.408. The zero-order valence-electron chi connectivity index (χ0n) is 9.85. The Morgan fingerprint density at radius 1 is 1.33 bits per heavy atom. The first-order valence-corrected chi connectivity index (χ1v) is 6.25. The van der Waals surface area contributed by atoms with Crippen molar-refractivity contribution in [3.63, 3.8) is 0 Å². The van der Waals surface area contributed by atoms with E-state index < -0.39 is 0 Å². The number of aliphatic hydroxyl groups excluding tert-OH is 1. The van der Waals surface area contributed by atoms with Crippen LogP contribution in [0.2, 0.25) is 0 Å². The highest BCUT2D eigenvalue weighted by Crippen LogP contribution is 2.26. The van der Waals surface area contributed by atoms with Crippen molar-refractivity contribution in [2.75, 3.05) is 19.6 Å². The molecule has 2 aliphatic heterocycles. The summed E-state index contributed by atoms with van der Waals surface area (Å²) in [7, 11) is 0. The molecule has 3 nitrogen and oxygen atoms in total. The molecule has 0 radical (unpaired) electrons. The van der Waals surface area contributed by atoms with Crippen LogP contribution in [0.5, 0.6) is 0 Å². The summed E-state index contributed by atoms with van der Waals surface area (Å²) >= 11 is 0. The predicted octanol–water partition coefficient (Wildman–Crippen LogP) is 1.26. The summed E-state index contributed by atoms with van der Waals surface area (Å²) < 4.78 is 5.77. The van der Waals surface area contributed by atoms with Gasteiger partial charge in [0, 0.05) is 19.6 Å². The summed E-state index contributed by atoms with van der Waals surface area (Å²) in [4.78, 5) is 2.38. The number of morpholine rings is 1. The van der Waals surface area contributed by atoms with Crippen LogP contribution in [0.1, 0.15) is 33.1 Å². The summed E-state index contributed by atoms with van der Waals surface area (Å²) in [6.45, 7) is 7.12. The molecule has 4 unspecified atom stereocenters. The van der Waals surface area contributed by atoms with E-state index in [1.54, 1.807) is 0 Å². The summed E-state index contributed by atoms with van der Waals surface area (Å²) in [6, 6.07) is 0. The number of likely N-dealkylation sites (tertiary alicyclic amines) is 1. The fourth-order valence-corrected chi connectivity index (χ4v) is 2.56. The predicted molar refractivity (Wildman–Crippen MR) is 59.8 cm³/mol. The van der Waals surface area contributed by atoms with E-state index in [0.29, 0.717) is 18.1 Å². The van der Waals surface area contributed by atoms with E-state index in [-0.39, 0.29) is 6.10 Å². The molecule has 0 saturated carbocycles. The molecule has 0 aromatic heterocycles. The maximum atomic E-state index is 9.98. The average molecular weight is 213 g/mol. The Kier molecular flexibility index (Phi) is 3.65. The standard InChI is InChI=1S/C12H23NO2/c1-3-9(2)12(14)8-13-6-10-4-5-11(7-13)15-10/h9-12,14H,3-8H2,1-2H3. The molecule has 0 aliphatic carbocycles. The van der Waals surface area contributed by atoms with Crippen molar-refractivity contribution in [3.05, 3.63) is 0 Å². The molecule has 0 aromatic rings. The van der Waals surface area contributed by atoms with E-state index >= 15 is 0 Å². The number of aliphatic hydroxyl groups is 1. The third-order valence-electron chi connectivity index (χ3n) is 3.87. The zero-order chi connectivity index (χ0) is 10.8. The summed E-state index contributed by atoms with van der Waals surface area (Å²) in [5, 5.41) is 9.98. The van der Waals surface area contributed by atoms with Crippen LogP contribution in [0.3, 0.4) is 0 Å². The van der Waals surface area contributed by atoms with E-state index in [1.165, 1.54) is 12.8 Å². The van der Waals surface area contributed by atoms with Crippen molar-refractivity contribution in [2.24, 2.45) is 5.92 Å². The van der Waals surface area contributed by atoms with Gasteiger partial charge in [0.1, 0.15) is 0 Å². The lowest BCUT2D eigenvalue weighted by molar-refractivity contribution is -0.0543. The molecule has 15 heavy (non-hydrogen) atoms. The first kappa shape index (κ1) is 11.4. The average Bonchev–Trinajstić information content (AvgIpc) is 2.57. The van der Waals surface area contributed by atoms with Gasteiger partial charge in [0.15, 0.2) is 0 Å². The molecule has 2 rings (SSSR count). The van der Waals surface area contributed by atoms with Crippen molar-refractivity contribution < 1.29 is 9.84 Å². The van der Waals surface area contributed by atoms with Gasteiger partial charge in [-0.25, -0.2) is 0 Å². The van der Waals surface area contributed by atoms with Gasteiger partial charge in [-0.1, -0.05) is 20.3 Å². The zero-order valence-corrected chi connectivity index (χ0v) is 9.85. The highest BCUT2D eigenvalue weighted by Gasteiger charge is 2.34. The van der Waals surface area contributed by atoms with Crippen LogP contribution in [0.25, 0.3) is 0 Å². The van der Waals surface area contributed by atoms with Gasteiger partial charge in [0.05, 0.1) is 18.3 Å². The van der Waals surface area contributed by atoms with Crippen LogP contribution in [0.15, 0.2) is 0 Å². The van der Waals surface area contributed by atoms with E-state index in [2.05, 4.69) is 18.7 Å². The van der Waals surface area contributed by atoms with E-state index in [9.17, 15) is 5.11 Å². The van der Waals surface area contributed by atoms with Crippen molar-refractivity contribution in [1.82, 2.24) is 4.90 Å². The van der Waals surface area contributed by atoms with Gasteiger partial charge >= 0.3 is 0 Å². The topological polar surface area (TPSA) is 32.7 Å². The molecule has 0 aromatic carbocycles. The molecule has 2 saturated heterocycles. The minimum Gasteiger partial charge on any atom is -0.392 e. The smallest absolute Gasteiger partial charge is 0.0707 e. The first-order chi connectivity index (χ1) is 7.19. The minimum atomic E-state index is -0.174. The molecular weight excluding hydrogens is 190 g/mol. The van der Waals surface area contributed by atoms with Gasteiger partial charge in [0.25, 0.3) is 0 Å². The van der Waals surface area contributed by atoms with Crippen LogP contribution < -0.4 is 0 Å². The molecule has 2 aliphatic rings. The number of hydrogen-bond donors (Lipinski definition) is 1. The highest BCUT2D eigenvalue weighted by atomic mass is 16.5. The lowest BCUT2D eigenvalue weighted by Crippen LogP contribution is -2.46. The number of β-amino-alcohol motifs (C(OH)–C–C–N with tert-alkyl or cyclic N) is 1. The molecule has 2 fully saturated rings. The third-order valence-corrected chi connectivity index (χ3v) is 3.87. The Bertz CT molecular complexity index is 198. The minimum absolute atomic E-state index is 0.174. The van der Waals surface area contributed by atoms with Crippen molar-refractivity contribution >= 4 is 0 Å². The molecule has 4 atom stereocenters. The highest BCUT2D eigenvalue weighted by molar-refractivity contribution is 4.86. The number of rotatable bonds is 4. The normalized spacial score (nSPS) is 35.4. The quantitative estimate of drug-likeness (QED) is 0.763. The van der Waals surface area contributed by atoms with Crippen molar-refractivity contribution in [1.29, 1.82) is 0 Å². The fraction of sp³-hybridized carbons (Fsp3) is 1.00. The maximum Gasteiger partial charge on any atom is 0.0707 e. The molecule has 88 valence electrons. The molecule has 0 spiro atoms. The monoisotopic (exact) mass is 213 g/mol. The second-order valence-corrected chi connectivity index (χ2v) is 5.13. The van der Waals surface area contributed by atoms with E-state index in [1.807, 2.05) is 0 Å². The first-order valence-electron chi connectivity index (χ1n) is 6.25. The summed E-state index contributed by atoms with van der Waals surface area (Å²) in [6.07, 6.45) is 4.17. The molecule has 1 N–H and O–H groups in total. The molecule has 3 heteroatoms. The lowest BCUT2D eigenvalue weighted by atomic mass is 10.0. The van der Waals surface area contributed by atoms with Gasteiger partial charge in [-0.3, -0.25) is 4.90 Å². The number of ether oxygens (including phenoxy) is 1. The second-order valence-electron chi connectivity index (χ2n) is 5.13. The lowest BCUT2D eigenvalue weighted by Gasteiger charge is -2.34. The molecule has 2 heterocycles. The van der Waals surface area contributed by atoms with Gasteiger partial charge in [-0.15, -0.1) is 0 Å². The van der Waals surface area contributed by atoms with Gasteiger partial charge in [0.2, 0.25) is 0 Å². The van der Waals surface area contributed by atoms with Gasteiger partial charge in [-0.2, -0.15) is 0 Å². The van der Waals surface area contributed by atoms with Crippen LogP contribution >= 0.6 is 0 Å². The Morgan fingerprint density at radius 3 is 2.47 bits per heavy atom. The third kappa shape index (κ3) is 2.71.